The zero-order chi connectivity index (χ0) is 11.8. The Morgan fingerprint density at radius 1 is 1.41 bits per heavy atom. The fourth-order valence-electron chi connectivity index (χ4n) is 2.48. The van der Waals surface area contributed by atoms with Gasteiger partial charge in [-0.1, -0.05) is 12.1 Å². The van der Waals surface area contributed by atoms with Crippen LogP contribution in [0.3, 0.4) is 0 Å². The summed E-state index contributed by atoms with van der Waals surface area (Å²) in [7, 11) is 1.95. The van der Waals surface area contributed by atoms with Crippen LogP contribution in [0.25, 0.3) is 0 Å². The SMILES string of the molecule is CNCCc1ccc2c(c1)C(=O)N(C1CC1)C2. The van der Waals surface area contributed by atoms with Crippen molar-refractivity contribution >= 4 is 5.91 Å². The Balaban J connectivity index is 1.82. The molecule has 0 bridgehead atoms. The molecule has 3 heteroatoms. The van der Waals surface area contributed by atoms with E-state index in [1.807, 2.05) is 11.9 Å². The van der Waals surface area contributed by atoms with Crippen molar-refractivity contribution in [3.8, 4) is 0 Å². The maximum atomic E-state index is 12.2. The number of hydrogen-bond donors (Lipinski definition) is 1. The summed E-state index contributed by atoms with van der Waals surface area (Å²) in [5.41, 5.74) is 3.39. The van der Waals surface area contributed by atoms with Gasteiger partial charge in [-0.2, -0.15) is 0 Å². The van der Waals surface area contributed by atoms with E-state index >= 15 is 0 Å². The maximum absolute atomic E-state index is 12.2. The predicted molar refractivity (Wildman–Crippen MR) is 67.0 cm³/mol. The second-order valence-corrected chi connectivity index (χ2v) is 5.01. The number of rotatable bonds is 4. The summed E-state index contributed by atoms with van der Waals surface area (Å²) in [6.07, 6.45) is 3.36. The molecule has 1 N–H and O–H groups in total. The second-order valence-electron chi connectivity index (χ2n) is 5.01. The van der Waals surface area contributed by atoms with Gasteiger partial charge in [0.15, 0.2) is 0 Å². The number of hydrogen-bond acceptors (Lipinski definition) is 2. The zero-order valence-electron chi connectivity index (χ0n) is 10.2. The van der Waals surface area contributed by atoms with Gasteiger partial charge in [0, 0.05) is 18.2 Å². The summed E-state index contributed by atoms with van der Waals surface area (Å²) >= 11 is 0. The van der Waals surface area contributed by atoms with Gasteiger partial charge in [0.05, 0.1) is 0 Å². The summed E-state index contributed by atoms with van der Waals surface area (Å²) in [4.78, 5) is 14.2. The van der Waals surface area contributed by atoms with Crippen molar-refractivity contribution < 1.29 is 4.79 Å². The van der Waals surface area contributed by atoms with Crippen molar-refractivity contribution in [2.24, 2.45) is 0 Å². The van der Waals surface area contributed by atoms with Crippen LogP contribution in [0.2, 0.25) is 0 Å². The number of carbonyl (C=O) groups excluding carboxylic acids is 1. The number of fused-ring (bicyclic) bond motifs is 1. The average Bonchev–Trinajstić information content (AvgIpc) is 3.13. The fourth-order valence-corrected chi connectivity index (χ4v) is 2.48. The van der Waals surface area contributed by atoms with Gasteiger partial charge in [-0.05, 0) is 50.0 Å². The number of nitrogens with zero attached hydrogens (tertiary/aromatic N) is 1. The molecule has 0 radical (unpaired) electrons. The molecule has 1 saturated carbocycles. The van der Waals surface area contributed by atoms with Crippen molar-refractivity contribution in [1.82, 2.24) is 10.2 Å². The summed E-state index contributed by atoms with van der Waals surface area (Å²) in [6.45, 7) is 1.78. The molecule has 1 heterocycles. The molecule has 1 aromatic carbocycles. The van der Waals surface area contributed by atoms with E-state index in [9.17, 15) is 4.79 Å². The first kappa shape index (κ1) is 10.8. The van der Waals surface area contributed by atoms with E-state index in [4.69, 9.17) is 0 Å². The molecule has 2 aliphatic rings. The molecule has 1 fully saturated rings. The van der Waals surface area contributed by atoms with Crippen molar-refractivity contribution in [3.05, 3.63) is 34.9 Å². The van der Waals surface area contributed by atoms with Crippen LogP contribution in [0.15, 0.2) is 18.2 Å². The first-order valence-electron chi connectivity index (χ1n) is 6.37. The third-order valence-corrected chi connectivity index (χ3v) is 3.66. The summed E-state index contributed by atoms with van der Waals surface area (Å²) < 4.78 is 0. The summed E-state index contributed by atoms with van der Waals surface area (Å²) in [5.74, 6) is 0.244. The van der Waals surface area contributed by atoms with Gasteiger partial charge in [0.1, 0.15) is 0 Å². The van der Waals surface area contributed by atoms with E-state index in [2.05, 4.69) is 23.5 Å². The molecule has 1 aliphatic heterocycles. The first-order valence-corrected chi connectivity index (χ1v) is 6.37. The van der Waals surface area contributed by atoms with Gasteiger partial charge in [-0.3, -0.25) is 4.79 Å². The minimum Gasteiger partial charge on any atom is -0.331 e. The number of amides is 1. The lowest BCUT2D eigenvalue weighted by Gasteiger charge is -2.13. The van der Waals surface area contributed by atoms with Crippen LogP contribution in [0, 0.1) is 0 Å². The average molecular weight is 230 g/mol. The molecule has 3 nitrogen and oxygen atoms in total. The zero-order valence-corrected chi connectivity index (χ0v) is 10.2. The van der Waals surface area contributed by atoms with Crippen molar-refractivity contribution in [3.63, 3.8) is 0 Å². The van der Waals surface area contributed by atoms with Crippen LogP contribution in [-0.4, -0.2) is 30.4 Å². The predicted octanol–water partition coefficient (Wildman–Crippen LogP) is 1.57. The highest BCUT2D eigenvalue weighted by atomic mass is 16.2. The normalized spacial score (nSPS) is 18.6. The molecule has 1 aromatic rings. The van der Waals surface area contributed by atoms with Crippen LogP contribution in [0.1, 0.15) is 34.3 Å². The Labute approximate surface area is 102 Å². The number of carbonyl (C=O) groups is 1. The Morgan fingerprint density at radius 2 is 2.24 bits per heavy atom. The summed E-state index contributed by atoms with van der Waals surface area (Å²) in [5, 5.41) is 3.14. The second kappa shape index (κ2) is 4.15. The maximum Gasteiger partial charge on any atom is 0.254 e. The van der Waals surface area contributed by atoms with Crippen LogP contribution >= 0.6 is 0 Å². The molecule has 0 atom stereocenters. The van der Waals surface area contributed by atoms with Crippen molar-refractivity contribution in [2.75, 3.05) is 13.6 Å². The molecular formula is C14H18N2O. The van der Waals surface area contributed by atoms with E-state index in [1.54, 1.807) is 0 Å². The van der Waals surface area contributed by atoms with Crippen LogP contribution in [0.4, 0.5) is 0 Å². The minimum atomic E-state index is 0.244. The van der Waals surface area contributed by atoms with Gasteiger partial charge in [0.2, 0.25) is 0 Å². The van der Waals surface area contributed by atoms with Gasteiger partial charge >= 0.3 is 0 Å². The van der Waals surface area contributed by atoms with E-state index in [0.29, 0.717) is 6.04 Å². The number of likely N-dealkylation sites (N-methyl/N-ethyl adjacent to an activating group) is 1. The van der Waals surface area contributed by atoms with Gasteiger partial charge < -0.3 is 10.2 Å². The Bertz CT molecular complexity index is 452. The van der Waals surface area contributed by atoms with Gasteiger partial charge in [-0.25, -0.2) is 0 Å². The third-order valence-electron chi connectivity index (χ3n) is 3.66. The topological polar surface area (TPSA) is 32.3 Å². The van der Waals surface area contributed by atoms with Gasteiger partial charge in [0.25, 0.3) is 5.91 Å². The molecule has 17 heavy (non-hydrogen) atoms. The Morgan fingerprint density at radius 3 is 2.94 bits per heavy atom. The standard InChI is InChI=1S/C14H18N2O/c1-15-7-6-10-2-3-11-9-16(12-4-5-12)14(17)13(11)8-10/h2-3,8,12,15H,4-7,9H2,1H3. The number of benzene rings is 1. The minimum absolute atomic E-state index is 0.244. The molecule has 90 valence electrons. The largest absolute Gasteiger partial charge is 0.331 e. The lowest BCUT2D eigenvalue weighted by atomic mass is 10.0. The monoisotopic (exact) mass is 230 g/mol. The molecule has 0 unspecified atom stereocenters. The van der Waals surface area contributed by atoms with Crippen LogP contribution in [-0.2, 0) is 13.0 Å². The molecule has 1 amide bonds. The van der Waals surface area contributed by atoms with E-state index in [1.165, 1.54) is 24.0 Å². The quantitative estimate of drug-likeness (QED) is 0.851. The molecule has 3 rings (SSSR count). The lowest BCUT2D eigenvalue weighted by Crippen LogP contribution is -2.25. The lowest BCUT2D eigenvalue weighted by molar-refractivity contribution is 0.0766. The molecular weight excluding hydrogens is 212 g/mol. The molecule has 1 aliphatic carbocycles. The van der Waals surface area contributed by atoms with Crippen molar-refractivity contribution in [2.45, 2.75) is 31.8 Å². The van der Waals surface area contributed by atoms with Crippen LogP contribution in [0.5, 0.6) is 0 Å². The van der Waals surface area contributed by atoms with E-state index < -0.39 is 0 Å². The molecule has 0 spiro atoms. The fraction of sp³-hybridized carbons (Fsp3) is 0.500. The van der Waals surface area contributed by atoms with Crippen molar-refractivity contribution in [1.29, 1.82) is 0 Å². The highest BCUT2D eigenvalue weighted by molar-refractivity contribution is 5.98. The smallest absolute Gasteiger partial charge is 0.254 e. The number of nitrogens with one attached hydrogen (secondary N) is 1. The van der Waals surface area contributed by atoms with Crippen LogP contribution < -0.4 is 5.32 Å². The molecule has 0 saturated heterocycles. The van der Waals surface area contributed by atoms with Gasteiger partial charge in [-0.15, -0.1) is 0 Å². The Hall–Kier alpha value is -1.35. The third kappa shape index (κ3) is 1.95. The van der Waals surface area contributed by atoms with E-state index in [0.717, 1.165) is 25.1 Å². The highest BCUT2D eigenvalue weighted by Gasteiger charge is 2.38. The summed E-state index contributed by atoms with van der Waals surface area (Å²) in [6, 6.07) is 6.88. The van der Waals surface area contributed by atoms with E-state index in [-0.39, 0.29) is 5.91 Å². The molecule has 0 aromatic heterocycles. The first-order chi connectivity index (χ1) is 8.29. The highest BCUT2D eigenvalue weighted by Crippen LogP contribution is 2.34. The Kier molecular flexibility index (Phi) is 2.63.